The second kappa shape index (κ2) is 7.28. The summed E-state index contributed by atoms with van der Waals surface area (Å²) in [6.07, 6.45) is 6.60. The number of rotatable bonds is 5. The third-order valence-corrected chi connectivity index (χ3v) is 5.98. The SMILES string of the molecule is CC(c1ccc2cc(OC3CCCCC3)ccc2c1)N1CC(C(=O)O)C1. The van der Waals surface area contributed by atoms with Crippen LogP contribution in [-0.4, -0.2) is 35.2 Å². The minimum Gasteiger partial charge on any atom is -0.490 e. The van der Waals surface area contributed by atoms with Gasteiger partial charge >= 0.3 is 5.97 Å². The molecule has 1 saturated heterocycles. The molecule has 1 aliphatic heterocycles. The molecular weight excluding hydrogens is 326 g/mol. The fraction of sp³-hybridized carbons (Fsp3) is 0.500. The van der Waals surface area contributed by atoms with Gasteiger partial charge in [-0.2, -0.15) is 0 Å². The number of hydrogen-bond donors (Lipinski definition) is 1. The molecule has 138 valence electrons. The summed E-state index contributed by atoms with van der Waals surface area (Å²) < 4.78 is 6.18. The van der Waals surface area contributed by atoms with Crippen LogP contribution in [0.5, 0.6) is 5.75 Å². The number of carboxylic acid groups (broad SMARTS) is 1. The van der Waals surface area contributed by atoms with E-state index in [9.17, 15) is 4.79 Å². The normalized spacial score (nSPS) is 20.7. The van der Waals surface area contributed by atoms with Gasteiger partial charge in [-0.1, -0.05) is 24.6 Å². The molecule has 1 aliphatic carbocycles. The standard InChI is InChI=1S/C22H27NO3/c1-15(23-13-19(14-23)22(24)25)16-7-8-18-12-21(10-9-17(18)11-16)26-20-5-3-2-4-6-20/h7-12,15,19-20H,2-6,13-14H2,1H3,(H,24,25). The highest BCUT2D eigenvalue weighted by atomic mass is 16.5. The minimum atomic E-state index is -0.683. The Labute approximate surface area is 154 Å². The predicted octanol–water partition coefficient (Wildman–Crippen LogP) is 4.63. The number of nitrogens with zero attached hydrogens (tertiary/aromatic N) is 1. The molecule has 1 saturated carbocycles. The Morgan fingerprint density at radius 3 is 2.50 bits per heavy atom. The molecule has 4 nitrogen and oxygen atoms in total. The van der Waals surface area contributed by atoms with Gasteiger partial charge in [-0.05, 0) is 67.1 Å². The number of carbonyl (C=O) groups is 1. The molecule has 0 amide bonds. The summed E-state index contributed by atoms with van der Waals surface area (Å²) in [5.41, 5.74) is 1.24. The number of benzene rings is 2. The van der Waals surface area contributed by atoms with Crippen LogP contribution >= 0.6 is 0 Å². The van der Waals surface area contributed by atoms with Gasteiger partial charge in [-0.15, -0.1) is 0 Å². The topological polar surface area (TPSA) is 49.8 Å². The van der Waals surface area contributed by atoms with E-state index >= 15 is 0 Å². The second-order valence-electron chi connectivity index (χ2n) is 7.81. The maximum atomic E-state index is 11.0. The van der Waals surface area contributed by atoms with E-state index in [1.165, 1.54) is 48.4 Å². The van der Waals surface area contributed by atoms with Gasteiger partial charge in [0.15, 0.2) is 0 Å². The van der Waals surface area contributed by atoms with Crippen LogP contribution in [0.2, 0.25) is 0 Å². The van der Waals surface area contributed by atoms with Crippen molar-refractivity contribution in [1.82, 2.24) is 4.90 Å². The molecule has 0 spiro atoms. The Kier molecular flexibility index (Phi) is 4.86. The highest BCUT2D eigenvalue weighted by molar-refractivity contribution is 5.84. The Morgan fingerprint density at radius 2 is 1.77 bits per heavy atom. The Hall–Kier alpha value is -2.07. The first-order chi connectivity index (χ1) is 12.6. The number of carboxylic acids is 1. The van der Waals surface area contributed by atoms with Gasteiger partial charge in [0, 0.05) is 19.1 Å². The van der Waals surface area contributed by atoms with Gasteiger partial charge in [0.1, 0.15) is 5.75 Å². The van der Waals surface area contributed by atoms with Gasteiger partial charge in [-0.3, -0.25) is 9.69 Å². The smallest absolute Gasteiger partial charge is 0.309 e. The van der Waals surface area contributed by atoms with E-state index in [1.807, 2.05) is 0 Å². The molecule has 1 heterocycles. The Morgan fingerprint density at radius 1 is 1.08 bits per heavy atom. The lowest BCUT2D eigenvalue weighted by molar-refractivity contribution is -0.148. The highest BCUT2D eigenvalue weighted by Gasteiger charge is 2.35. The summed E-state index contributed by atoms with van der Waals surface area (Å²) in [5.74, 6) is 0.0760. The number of aliphatic carboxylic acids is 1. The lowest BCUT2D eigenvalue weighted by Gasteiger charge is -2.41. The minimum absolute atomic E-state index is 0.211. The zero-order valence-electron chi connectivity index (χ0n) is 15.4. The van der Waals surface area contributed by atoms with E-state index in [2.05, 4.69) is 48.2 Å². The molecule has 2 aromatic rings. The van der Waals surface area contributed by atoms with E-state index in [0.717, 1.165) is 5.75 Å². The van der Waals surface area contributed by atoms with Crippen molar-refractivity contribution < 1.29 is 14.6 Å². The van der Waals surface area contributed by atoms with Crippen LogP contribution in [0.4, 0.5) is 0 Å². The van der Waals surface area contributed by atoms with Crippen LogP contribution in [-0.2, 0) is 4.79 Å². The molecular formula is C22H27NO3. The van der Waals surface area contributed by atoms with E-state index in [1.54, 1.807) is 0 Å². The molecule has 2 aliphatic rings. The lowest BCUT2D eigenvalue weighted by Crippen LogP contribution is -2.51. The Balaban J connectivity index is 1.45. The van der Waals surface area contributed by atoms with Crippen LogP contribution in [0.25, 0.3) is 10.8 Å². The van der Waals surface area contributed by atoms with Gasteiger partial charge in [-0.25, -0.2) is 0 Å². The van der Waals surface area contributed by atoms with Gasteiger partial charge in [0.2, 0.25) is 0 Å². The molecule has 1 atom stereocenters. The van der Waals surface area contributed by atoms with Crippen LogP contribution in [0, 0.1) is 5.92 Å². The van der Waals surface area contributed by atoms with Crippen molar-refractivity contribution in [2.75, 3.05) is 13.1 Å². The maximum absolute atomic E-state index is 11.0. The van der Waals surface area contributed by atoms with Crippen molar-refractivity contribution in [2.24, 2.45) is 5.92 Å². The second-order valence-corrected chi connectivity index (χ2v) is 7.81. The number of fused-ring (bicyclic) bond motifs is 1. The van der Waals surface area contributed by atoms with Crippen LogP contribution in [0.1, 0.15) is 50.6 Å². The molecule has 1 unspecified atom stereocenters. The van der Waals surface area contributed by atoms with Crippen LogP contribution in [0.3, 0.4) is 0 Å². The van der Waals surface area contributed by atoms with Crippen molar-refractivity contribution in [3.8, 4) is 5.75 Å². The maximum Gasteiger partial charge on any atom is 0.309 e. The quantitative estimate of drug-likeness (QED) is 0.851. The number of ether oxygens (including phenoxy) is 1. The molecule has 0 bridgehead atoms. The van der Waals surface area contributed by atoms with Gasteiger partial charge in [0.05, 0.1) is 12.0 Å². The highest BCUT2D eigenvalue weighted by Crippen LogP contribution is 2.32. The zero-order chi connectivity index (χ0) is 18.1. The van der Waals surface area contributed by atoms with Crippen molar-refractivity contribution >= 4 is 16.7 Å². The van der Waals surface area contributed by atoms with Gasteiger partial charge < -0.3 is 9.84 Å². The average Bonchev–Trinajstić information content (AvgIpc) is 2.60. The monoisotopic (exact) mass is 353 g/mol. The fourth-order valence-corrected chi connectivity index (χ4v) is 4.15. The molecule has 0 aromatic heterocycles. The third-order valence-electron chi connectivity index (χ3n) is 5.98. The van der Waals surface area contributed by atoms with Crippen molar-refractivity contribution in [3.05, 3.63) is 42.0 Å². The first-order valence-electron chi connectivity index (χ1n) is 9.77. The molecule has 2 aromatic carbocycles. The summed E-state index contributed by atoms with van der Waals surface area (Å²) in [6, 6.07) is 13.1. The predicted molar refractivity (Wildman–Crippen MR) is 103 cm³/mol. The van der Waals surface area contributed by atoms with E-state index < -0.39 is 5.97 Å². The summed E-state index contributed by atoms with van der Waals surface area (Å²) in [6.45, 7) is 3.44. The summed E-state index contributed by atoms with van der Waals surface area (Å²) >= 11 is 0. The van der Waals surface area contributed by atoms with E-state index in [0.29, 0.717) is 19.2 Å². The number of hydrogen-bond acceptors (Lipinski definition) is 3. The first-order valence-corrected chi connectivity index (χ1v) is 9.77. The molecule has 2 fully saturated rings. The van der Waals surface area contributed by atoms with Gasteiger partial charge in [0.25, 0.3) is 0 Å². The van der Waals surface area contributed by atoms with E-state index in [-0.39, 0.29) is 12.0 Å². The molecule has 26 heavy (non-hydrogen) atoms. The van der Waals surface area contributed by atoms with Crippen LogP contribution < -0.4 is 4.74 Å². The third kappa shape index (κ3) is 3.56. The fourth-order valence-electron chi connectivity index (χ4n) is 4.15. The zero-order valence-corrected chi connectivity index (χ0v) is 15.4. The van der Waals surface area contributed by atoms with Crippen molar-refractivity contribution in [3.63, 3.8) is 0 Å². The first kappa shape index (κ1) is 17.3. The Bertz CT molecular complexity index is 791. The average molecular weight is 353 g/mol. The summed E-state index contributed by atoms with van der Waals surface area (Å²) in [7, 11) is 0. The largest absolute Gasteiger partial charge is 0.490 e. The van der Waals surface area contributed by atoms with Crippen molar-refractivity contribution in [2.45, 2.75) is 51.2 Å². The molecule has 0 radical (unpaired) electrons. The summed E-state index contributed by atoms with van der Waals surface area (Å²) in [5, 5.41) is 11.5. The lowest BCUT2D eigenvalue weighted by atomic mass is 9.94. The van der Waals surface area contributed by atoms with Crippen LogP contribution in [0.15, 0.2) is 36.4 Å². The number of likely N-dealkylation sites (tertiary alicyclic amines) is 1. The molecule has 4 heteroatoms. The summed E-state index contributed by atoms with van der Waals surface area (Å²) in [4.78, 5) is 13.2. The van der Waals surface area contributed by atoms with Crippen molar-refractivity contribution in [1.29, 1.82) is 0 Å². The molecule has 1 N–H and O–H groups in total. The van der Waals surface area contributed by atoms with E-state index in [4.69, 9.17) is 9.84 Å². The molecule has 4 rings (SSSR count).